The molecule has 1 amide bonds. The second-order valence-corrected chi connectivity index (χ2v) is 6.39. The lowest BCUT2D eigenvalue weighted by molar-refractivity contribution is -0.130. The van der Waals surface area contributed by atoms with Crippen molar-refractivity contribution in [1.82, 2.24) is 15.5 Å². The maximum absolute atomic E-state index is 12.2. The Kier molecular flexibility index (Phi) is 9.19. The fourth-order valence-corrected chi connectivity index (χ4v) is 2.98. The first-order chi connectivity index (χ1) is 10.6. The zero-order valence-electron chi connectivity index (χ0n) is 14.4. The summed E-state index contributed by atoms with van der Waals surface area (Å²) in [6, 6.07) is 0. The van der Waals surface area contributed by atoms with Gasteiger partial charge in [-0.2, -0.15) is 0 Å². The molecule has 2 N–H and O–H groups in total. The van der Waals surface area contributed by atoms with Crippen LogP contribution in [-0.4, -0.2) is 61.7 Å². The van der Waals surface area contributed by atoms with Crippen molar-refractivity contribution >= 4 is 35.8 Å². The van der Waals surface area contributed by atoms with Gasteiger partial charge in [-0.15, -0.1) is 24.0 Å². The van der Waals surface area contributed by atoms with E-state index in [1.165, 1.54) is 6.42 Å². The van der Waals surface area contributed by atoms with Gasteiger partial charge in [-0.25, -0.2) is 4.99 Å². The summed E-state index contributed by atoms with van der Waals surface area (Å²) in [7, 11) is 0. The van der Waals surface area contributed by atoms with Gasteiger partial charge in [0, 0.05) is 32.8 Å². The molecule has 2 aliphatic rings. The Morgan fingerprint density at radius 1 is 1.22 bits per heavy atom. The number of guanidine groups is 1. The summed E-state index contributed by atoms with van der Waals surface area (Å²) in [6.45, 7) is 8.45. The first-order valence-corrected chi connectivity index (χ1v) is 8.57. The number of carbonyl (C=O) groups excluding carboxylic acids is 1. The molecule has 0 bridgehead atoms. The Labute approximate surface area is 156 Å². The van der Waals surface area contributed by atoms with Crippen molar-refractivity contribution in [3.05, 3.63) is 0 Å². The van der Waals surface area contributed by atoms with Crippen LogP contribution in [0.5, 0.6) is 0 Å². The number of amides is 1. The number of hydrogen-bond donors (Lipinski definition) is 2. The normalized spacial score (nSPS) is 25.0. The summed E-state index contributed by atoms with van der Waals surface area (Å²) >= 11 is 0. The fraction of sp³-hybridized carbons (Fsp3) is 0.875. The molecule has 0 aliphatic carbocycles. The minimum Gasteiger partial charge on any atom is -0.373 e. The van der Waals surface area contributed by atoms with E-state index in [0.717, 1.165) is 58.5 Å². The number of hydrogen-bond acceptors (Lipinski definition) is 3. The first kappa shape index (κ1) is 20.5. The molecule has 2 saturated heterocycles. The molecule has 1 unspecified atom stereocenters. The summed E-state index contributed by atoms with van der Waals surface area (Å²) in [4.78, 5) is 18.5. The van der Waals surface area contributed by atoms with Crippen molar-refractivity contribution in [1.29, 1.82) is 0 Å². The first-order valence-electron chi connectivity index (χ1n) is 8.57. The van der Waals surface area contributed by atoms with Crippen molar-refractivity contribution in [2.24, 2.45) is 4.99 Å². The van der Waals surface area contributed by atoms with Crippen LogP contribution in [0.15, 0.2) is 4.99 Å². The van der Waals surface area contributed by atoms with Crippen molar-refractivity contribution < 1.29 is 9.53 Å². The Morgan fingerprint density at radius 3 is 2.57 bits per heavy atom. The van der Waals surface area contributed by atoms with Gasteiger partial charge in [0.1, 0.15) is 6.54 Å². The quantitative estimate of drug-likeness (QED) is 0.390. The smallest absolute Gasteiger partial charge is 0.244 e. The second-order valence-electron chi connectivity index (χ2n) is 6.39. The SMILES string of the molecule is CCNC(=NCC(=O)N1CCCCC1)NCC1(C)CCCO1.I. The summed E-state index contributed by atoms with van der Waals surface area (Å²) in [5.74, 6) is 0.824. The van der Waals surface area contributed by atoms with Crippen molar-refractivity contribution in [2.75, 3.05) is 39.3 Å². The lowest BCUT2D eigenvalue weighted by Crippen LogP contribution is -2.46. The van der Waals surface area contributed by atoms with Crippen LogP contribution in [0, 0.1) is 0 Å². The molecular formula is C16H31IN4O2. The molecule has 2 rings (SSSR count). The molecule has 23 heavy (non-hydrogen) atoms. The average Bonchev–Trinajstić information content (AvgIpc) is 2.98. The molecule has 2 fully saturated rings. The molecule has 1 atom stereocenters. The van der Waals surface area contributed by atoms with Gasteiger partial charge in [0.05, 0.1) is 5.60 Å². The number of rotatable bonds is 5. The monoisotopic (exact) mass is 438 g/mol. The van der Waals surface area contributed by atoms with Gasteiger partial charge in [0.2, 0.25) is 5.91 Å². The van der Waals surface area contributed by atoms with Gasteiger partial charge in [0.15, 0.2) is 5.96 Å². The molecule has 2 heterocycles. The number of nitrogens with zero attached hydrogens (tertiary/aromatic N) is 2. The standard InChI is InChI=1S/C16H30N4O2.HI/c1-3-17-15(19-13-16(2)8-7-11-22-16)18-12-14(21)20-9-5-4-6-10-20;/h3-13H2,1-2H3,(H2,17,18,19);1H. The third kappa shape index (κ3) is 6.82. The van der Waals surface area contributed by atoms with Crippen molar-refractivity contribution in [2.45, 2.75) is 51.6 Å². The third-order valence-corrected chi connectivity index (χ3v) is 4.36. The molecular weight excluding hydrogens is 407 g/mol. The van der Waals surface area contributed by atoms with E-state index in [1.807, 2.05) is 11.8 Å². The molecule has 134 valence electrons. The Balaban J connectivity index is 0.00000264. The van der Waals surface area contributed by atoms with Crippen LogP contribution in [-0.2, 0) is 9.53 Å². The summed E-state index contributed by atoms with van der Waals surface area (Å²) in [5.41, 5.74) is -0.118. The number of piperidine rings is 1. The van der Waals surface area contributed by atoms with E-state index in [4.69, 9.17) is 4.74 Å². The third-order valence-electron chi connectivity index (χ3n) is 4.36. The second kappa shape index (κ2) is 10.3. The van der Waals surface area contributed by atoms with E-state index >= 15 is 0 Å². The largest absolute Gasteiger partial charge is 0.373 e. The van der Waals surface area contributed by atoms with Crippen LogP contribution in [0.2, 0.25) is 0 Å². The highest BCUT2D eigenvalue weighted by atomic mass is 127. The van der Waals surface area contributed by atoms with E-state index < -0.39 is 0 Å². The minimum atomic E-state index is -0.118. The van der Waals surface area contributed by atoms with E-state index in [2.05, 4.69) is 22.5 Å². The molecule has 0 aromatic carbocycles. The number of likely N-dealkylation sites (tertiary alicyclic amines) is 1. The highest BCUT2D eigenvalue weighted by Gasteiger charge is 2.29. The van der Waals surface area contributed by atoms with Crippen LogP contribution >= 0.6 is 24.0 Å². The topological polar surface area (TPSA) is 66.0 Å². The molecule has 0 spiro atoms. The van der Waals surface area contributed by atoms with E-state index in [-0.39, 0.29) is 42.0 Å². The van der Waals surface area contributed by atoms with Gasteiger partial charge in [-0.1, -0.05) is 0 Å². The van der Waals surface area contributed by atoms with Gasteiger partial charge >= 0.3 is 0 Å². The van der Waals surface area contributed by atoms with E-state index in [0.29, 0.717) is 5.96 Å². The summed E-state index contributed by atoms with van der Waals surface area (Å²) in [6.07, 6.45) is 5.63. The predicted molar refractivity (Wildman–Crippen MR) is 103 cm³/mol. The molecule has 0 radical (unpaired) electrons. The Bertz CT molecular complexity index is 392. The Hall–Kier alpha value is -0.570. The van der Waals surface area contributed by atoms with Crippen LogP contribution in [0.4, 0.5) is 0 Å². The van der Waals surface area contributed by atoms with Crippen LogP contribution in [0.3, 0.4) is 0 Å². The average molecular weight is 438 g/mol. The number of halogens is 1. The van der Waals surface area contributed by atoms with Crippen molar-refractivity contribution in [3.8, 4) is 0 Å². The molecule has 2 aliphatic heterocycles. The lowest BCUT2D eigenvalue weighted by atomic mass is 10.0. The van der Waals surface area contributed by atoms with Gasteiger partial charge in [-0.05, 0) is 46.0 Å². The van der Waals surface area contributed by atoms with Gasteiger partial charge < -0.3 is 20.3 Å². The van der Waals surface area contributed by atoms with Gasteiger partial charge in [-0.3, -0.25) is 4.79 Å². The van der Waals surface area contributed by atoms with Crippen LogP contribution in [0.25, 0.3) is 0 Å². The predicted octanol–water partition coefficient (Wildman–Crippen LogP) is 1.74. The fourth-order valence-electron chi connectivity index (χ4n) is 2.98. The maximum Gasteiger partial charge on any atom is 0.244 e. The van der Waals surface area contributed by atoms with E-state index in [9.17, 15) is 4.79 Å². The maximum atomic E-state index is 12.2. The van der Waals surface area contributed by atoms with Crippen LogP contribution in [0.1, 0.15) is 46.0 Å². The lowest BCUT2D eigenvalue weighted by Gasteiger charge is -2.26. The number of aliphatic imine (C=N–C) groups is 1. The molecule has 0 aromatic heterocycles. The van der Waals surface area contributed by atoms with E-state index in [1.54, 1.807) is 0 Å². The molecule has 7 heteroatoms. The molecule has 0 saturated carbocycles. The zero-order valence-corrected chi connectivity index (χ0v) is 16.7. The highest BCUT2D eigenvalue weighted by Crippen LogP contribution is 2.23. The number of nitrogens with one attached hydrogen (secondary N) is 2. The highest BCUT2D eigenvalue weighted by molar-refractivity contribution is 14.0. The summed E-state index contributed by atoms with van der Waals surface area (Å²) < 4.78 is 5.77. The summed E-state index contributed by atoms with van der Waals surface area (Å²) in [5, 5.41) is 6.50. The van der Waals surface area contributed by atoms with Gasteiger partial charge in [0.25, 0.3) is 0 Å². The zero-order chi connectivity index (χ0) is 15.8. The minimum absolute atomic E-state index is 0. The number of carbonyl (C=O) groups is 1. The number of ether oxygens (including phenoxy) is 1. The molecule has 0 aromatic rings. The van der Waals surface area contributed by atoms with Crippen LogP contribution < -0.4 is 10.6 Å². The Morgan fingerprint density at radius 2 is 1.96 bits per heavy atom. The van der Waals surface area contributed by atoms with Crippen molar-refractivity contribution in [3.63, 3.8) is 0 Å². The molecule has 6 nitrogen and oxygen atoms in total.